The van der Waals surface area contributed by atoms with Gasteiger partial charge in [-0.1, -0.05) is 0 Å². The first-order valence-electron chi connectivity index (χ1n) is 3.74. The zero-order chi connectivity index (χ0) is 10.0. The first-order chi connectivity index (χ1) is 6.00. The van der Waals surface area contributed by atoms with Gasteiger partial charge in [-0.3, -0.25) is 4.79 Å². The van der Waals surface area contributed by atoms with Gasteiger partial charge < -0.3 is 9.67 Å². The van der Waals surface area contributed by atoms with E-state index in [4.69, 9.17) is 5.11 Å². The van der Waals surface area contributed by atoms with Crippen molar-refractivity contribution in [3.05, 3.63) is 31.6 Å². The largest absolute Gasteiger partial charge is 0.392 e. The lowest BCUT2D eigenvalue weighted by atomic mass is 10.4. The number of hydrogen-bond acceptors (Lipinski definition) is 2. The molecule has 0 aliphatic rings. The molecule has 1 unspecified atom stereocenters. The van der Waals surface area contributed by atoms with Gasteiger partial charge in [-0.15, -0.1) is 0 Å². The maximum Gasteiger partial charge on any atom is 0.264 e. The van der Waals surface area contributed by atoms with Crippen molar-refractivity contribution >= 4 is 31.9 Å². The number of aliphatic hydroxyl groups is 1. The molecule has 3 nitrogen and oxygen atoms in total. The molecule has 0 aliphatic carbocycles. The summed E-state index contributed by atoms with van der Waals surface area (Å²) in [7, 11) is 0. The van der Waals surface area contributed by atoms with Crippen LogP contribution in [0.1, 0.15) is 6.92 Å². The Hall–Kier alpha value is -0.130. The topological polar surface area (TPSA) is 42.2 Å². The number of rotatable bonds is 2. The number of hydrogen-bond donors (Lipinski definition) is 1. The van der Waals surface area contributed by atoms with Gasteiger partial charge in [0.1, 0.15) is 0 Å². The Morgan fingerprint density at radius 3 is 2.77 bits per heavy atom. The molecule has 0 fully saturated rings. The second kappa shape index (κ2) is 4.39. The molecule has 0 aliphatic heterocycles. The van der Waals surface area contributed by atoms with Crippen LogP contribution in [0.5, 0.6) is 0 Å². The standard InChI is InChI=1S/C8H9Br2NO2/c1-5(12)3-11-4-6(9)2-7(10)8(11)13/h2,4-5,12H,3H2,1H3. The predicted molar refractivity (Wildman–Crippen MR) is 57.8 cm³/mol. The van der Waals surface area contributed by atoms with Gasteiger partial charge in [0, 0.05) is 10.7 Å². The van der Waals surface area contributed by atoms with E-state index in [1.165, 1.54) is 4.57 Å². The second-order valence-electron chi connectivity index (χ2n) is 2.81. The normalized spacial score (nSPS) is 12.9. The second-order valence-corrected chi connectivity index (χ2v) is 4.58. The Morgan fingerprint density at radius 2 is 2.23 bits per heavy atom. The molecule has 1 atom stereocenters. The van der Waals surface area contributed by atoms with Gasteiger partial charge in [0.2, 0.25) is 0 Å². The summed E-state index contributed by atoms with van der Waals surface area (Å²) in [4.78, 5) is 11.4. The average Bonchev–Trinajstić information content (AvgIpc) is 1.98. The fourth-order valence-corrected chi connectivity index (χ4v) is 2.24. The Balaban J connectivity index is 3.13. The molecule has 0 spiro atoms. The zero-order valence-corrected chi connectivity index (χ0v) is 10.2. The molecule has 13 heavy (non-hydrogen) atoms. The van der Waals surface area contributed by atoms with Crippen molar-refractivity contribution < 1.29 is 5.11 Å². The van der Waals surface area contributed by atoms with E-state index >= 15 is 0 Å². The molecule has 72 valence electrons. The van der Waals surface area contributed by atoms with Crippen LogP contribution in [0.2, 0.25) is 0 Å². The van der Waals surface area contributed by atoms with Crippen LogP contribution in [-0.4, -0.2) is 15.8 Å². The van der Waals surface area contributed by atoms with Crippen LogP contribution in [0.25, 0.3) is 0 Å². The van der Waals surface area contributed by atoms with Crippen molar-refractivity contribution in [2.45, 2.75) is 19.6 Å². The van der Waals surface area contributed by atoms with Crippen molar-refractivity contribution in [1.82, 2.24) is 4.57 Å². The Kier molecular flexibility index (Phi) is 3.70. The van der Waals surface area contributed by atoms with Gasteiger partial charge in [-0.25, -0.2) is 0 Å². The monoisotopic (exact) mass is 309 g/mol. The van der Waals surface area contributed by atoms with E-state index in [0.717, 1.165) is 4.47 Å². The highest BCUT2D eigenvalue weighted by atomic mass is 79.9. The fourth-order valence-electron chi connectivity index (χ4n) is 0.985. The van der Waals surface area contributed by atoms with Crippen LogP contribution in [0.4, 0.5) is 0 Å². The Bertz CT molecular complexity index is 360. The summed E-state index contributed by atoms with van der Waals surface area (Å²) in [6.07, 6.45) is 1.12. The third kappa shape index (κ3) is 2.93. The number of pyridine rings is 1. The van der Waals surface area contributed by atoms with Crippen LogP contribution < -0.4 is 5.56 Å². The summed E-state index contributed by atoms with van der Waals surface area (Å²) in [5, 5.41) is 9.12. The lowest BCUT2D eigenvalue weighted by Crippen LogP contribution is -2.25. The summed E-state index contributed by atoms with van der Waals surface area (Å²) in [5.74, 6) is 0. The maximum atomic E-state index is 11.4. The highest BCUT2D eigenvalue weighted by Crippen LogP contribution is 2.12. The molecular formula is C8H9Br2NO2. The van der Waals surface area contributed by atoms with Crippen molar-refractivity contribution in [3.8, 4) is 0 Å². The third-order valence-electron chi connectivity index (χ3n) is 1.47. The van der Waals surface area contributed by atoms with Gasteiger partial charge in [0.25, 0.3) is 5.56 Å². The zero-order valence-electron chi connectivity index (χ0n) is 7.00. The first kappa shape index (κ1) is 10.9. The molecular weight excluding hydrogens is 302 g/mol. The number of halogens is 2. The average molecular weight is 311 g/mol. The van der Waals surface area contributed by atoms with E-state index in [9.17, 15) is 4.79 Å². The SMILES string of the molecule is CC(O)Cn1cc(Br)cc(Br)c1=O. The number of aliphatic hydroxyl groups excluding tert-OH is 1. The fraction of sp³-hybridized carbons (Fsp3) is 0.375. The Labute approximate surface area is 92.6 Å². The summed E-state index contributed by atoms with van der Waals surface area (Å²) < 4.78 is 2.75. The van der Waals surface area contributed by atoms with Crippen molar-refractivity contribution in [2.75, 3.05) is 0 Å². The van der Waals surface area contributed by atoms with Crippen molar-refractivity contribution in [2.24, 2.45) is 0 Å². The maximum absolute atomic E-state index is 11.4. The highest BCUT2D eigenvalue weighted by Gasteiger charge is 2.04. The van der Waals surface area contributed by atoms with Crippen LogP contribution in [0, 0.1) is 0 Å². The minimum absolute atomic E-state index is 0.135. The van der Waals surface area contributed by atoms with Gasteiger partial charge in [0.15, 0.2) is 0 Å². The van der Waals surface area contributed by atoms with Crippen LogP contribution in [0.3, 0.4) is 0 Å². The molecule has 5 heteroatoms. The van der Waals surface area contributed by atoms with Crippen LogP contribution in [-0.2, 0) is 6.54 Å². The van der Waals surface area contributed by atoms with E-state index in [1.54, 1.807) is 19.2 Å². The predicted octanol–water partition coefficient (Wildman–Crippen LogP) is 1.75. The molecule has 1 rings (SSSR count). The van der Waals surface area contributed by atoms with Gasteiger partial charge >= 0.3 is 0 Å². The molecule has 1 aromatic rings. The van der Waals surface area contributed by atoms with Gasteiger partial charge in [-0.05, 0) is 44.8 Å². The number of nitrogens with zero attached hydrogens (tertiary/aromatic N) is 1. The van der Waals surface area contributed by atoms with Crippen molar-refractivity contribution in [3.63, 3.8) is 0 Å². The van der Waals surface area contributed by atoms with Gasteiger partial charge in [0.05, 0.1) is 17.1 Å². The van der Waals surface area contributed by atoms with E-state index in [1.807, 2.05) is 0 Å². The highest BCUT2D eigenvalue weighted by molar-refractivity contribution is 9.11. The number of aromatic nitrogens is 1. The molecule has 0 radical (unpaired) electrons. The van der Waals surface area contributed by atoms with Crippen LogP contribution in [0.15, 0.2) is 26.0 Å². The van der Waals surface area contributed by atoms with Gasteiger partial charge in [-0.2, -0.15) is 0 Å². The van der Waals surface area contributed by atoms with Crippen molar-refractivity contribution in [1.29, 1.82) is 0 Å². The van der Waals surface area contributed by atoms with E-state index in [-0.39, 0.29) is 5.56 Å². The lowest BCUT2D eigenvalue weighted by molar-refractivity contribution is 0.172. The minimum Gasteiger partial charge on any atom is -0.392 e. The summed E-state index contributed by atoms with van der Waals surface area (Å²) >= 11 is 6.41. The molecule has 0 saturated heterocycles. The van der Waals surface area contributed by atoms with E-state index in [0.29, 0.717) is 11.0 Å². The third-order valence-corrected chi connectivity index (χ3v) is 2.47. The smallest absolute Gasteiger partial charge is 0.264 e. The van der Waals surface area contributed by atoms with E-state index in [2.05, 4.69) is 31.9 Å². The molecule has 1 N–H and O–H groups in total. The molecule has 1 heterocycles. The molecule has 0 amide bonds. The molecule has 0 saturated carbocycles. The minimum atomic E-state index is -0.529. The Morgan fingerprint density at radius 1 is 1.62 bits per heavy atom. The molecule has 1 aromatic heterocycles. The van der Waals surface area contributed by atoms with Crippen LogP contribution >= 0.6 is 31.9 Å². The molecule has 0 bridgehead atoms. The quantitative estimate of drug-likeness (QED) is 0.904. The lowest BCUT2D eigenvalue weighted by Gasteiger charge is -2.08. The molecule has 0 aromatic carbocycles. The summed E-state index contributed by atoms with van der Waals surface area (Å²) in [6, 6.07) is 1.68. The first-order valence-corrected chi connectivity index (χ1v) is 5.33. The summed E-state index contributed by atoms with van der Waals surface area (Å²) in [6.45, 7) is 1.94. The summed E-state index contributed by atoms with van der Waals surface area (Å²) in [5.41, 5.74) is -0.135. The van der Waals surface area contributed by atoms with E-state index < -0.39 is 6.10 Å².